The Morgan fingerprint density at radius 3 is 2.76 bits per heavy atom. The second kappa shape index (κ2) is 6.42. The Morgan fingerprint density at radius 1 is 1.44 bits per heavy atom. The highest BCUT2D eigenvalue weighted by Gasteiger charge is 2.52. The van der Waals surface area contributed by atoms with E-state index in [1.165, 1.54) is 0 Å². The summed E-state index contributed by atoms with van der Waals surface area (Å²) in [7, 11) is 0. The first-order valence-electron chi connectivity index (χ1n) is 9.52. The average Bonchev–Trinajstić information content (AvgIpc) is 2.86. The lowest BCUT2D eigenvalue weighted by molar-refractivity contribution is -0.153. The van der Waals surface area contributed by atoms with Crippen molar-refractivity contribution in [2.24, 2.45) is 23.7 Å². The Labute approximate surface area is 149 Å². The van der Waals surface area contributed by atoms with Crippen molar-refractivity contribution in [1.29, 1.82) is 0 Å². The van der Waals surface area contributed by atoms with Gasteiger partial charge in [-0.2, -0.15) is 0 Å². The first-order chi connectivity index (χ1) is 11.7. The Kier molecular flexibility index (Phi) is 4.73. The number of hydrogen-bond acceptors (Lipinski definition) is 5. The largest absolute Gasteiger partial charge is 0.462 e. The van der Waals surface area contributed by atoms with E-state index in [0.717, 1.165) is 24.0 Å². The Hall–Kier alpha value is -1.36. The molecule has 0 aromatic rings. The molecule has 1 N–H and O–H groups in total. The van der Waals surface area contributed by atoms with E-state index in [2.05, 4.69) is 6.92 Å². The van der Waals surface area contributed by atoms with Crippen LogP contribution in [0, 0.1) is 23.7 Å². The van der Waals surface area contributed by atoms with Crippen molar-refractivity contribution in [3.05, 3.63) is 11.1 Å². The van der Waals surface area contributed by atoms with Gasteiger partial charge in [-0.25, -0.2) is 0 Å². The molecule has 2 aliphatic carbocycles. The number of hydrogen-bond donors (Lipinski definition) is 1. The summed E-state index contributed by atoms with van der Waals surface area (Å²) >= 11 is 0. The van der Waals surface area contributed by atoms with Crippen LogP contribution < -0.4 is 0 Å². The number of fused-ring (bicyclic) bond motifs is 1. The molecule has 5 nitrogen and oxygen atoms in total. The van der Waals surface area contributed by atoms with E-state index in [1.807, 2.05) is 20.8 Å². The third-order valence-electron chi connectivity index (χ3n) is 6.52. The fraction of sp³-hybridized carbons (Fsp3) is 0.800. The summed E-state index contributed by atoms with van der Waals surface area (Å²) in [5.74, 6) is -0.417. The van der Waals surface area contributed by atoms with E-state index in [1.54, 1.807) is 6.92 Å². The minimum atomic E-state index is -0.996. The molecule has 3 aliphatic rings. The van der Waals surface area contributed by atoms with Crippen molar-refractivity contribution >= 4 is 11.9 Å². The number of esters is 2. The quantitative estimate of drug-likeness (QED) is 0.626. The predicted octanol–water partition coefficient (Wildman–Crippen LogP) is 3.00. The molecule has 1 aliphatic heterocycles. The lowest BCUT2D eigenvalue weighted by Crippen LogP contribution is -2.31. The number of aliphatic hydroxyl groups is 1. The minimum absolute atomic E-state index is 0.0953. The SMILES string of the molecule is CCC(C)C(=O)OC1CC(C)(O)C2=C1C(C)CC1OC(=O)C(C)C1C2. The van der Waals surface area contributed by atoms with E-state index in [9.17, 15) is 14.7 Å². The molecule has 7 unspecified atom stereocenters. The molecule has 0 amide bonds. The highest BCUT2D eigenvalue weighted by atomic mass is 16.6. The van der Waals surface area contributed by atoms with Crippen LogP contribution in [0.4, 0.5) is 0 Å². The number of ether oxygens (including phenoxy) is 2. The molecule has 0 saturated carbocycles. The van der Waals surface area contributed by atoms with Gasteiger partial charge >= 0.3 is 11.9 Å². The molecule has 25 heavy (non-hydrogen) atoms. The zero-order chi connectivity index (χ0) is 18.5. The fourth-order valence-corrected chi connectivity index (χ4v) is 4.66. The highest BCUT2D eigenvalue weighted by molar-refractivity contribution is 5.75. The van der Waals surface area contributed by atoms with Crippen molar-refractivity contribution in [2.45, 2.75) is 78.1 Å². The molecule has 1 fully saturated rings. The monoisotopic (exact) mass is 350 g/mol. The fourth-order valence-electron chi connectivity index (χ4n) is 4.66. The van der Waals surface area contributed by atoms with Crippen LogP contribution in [0.2, 0.25) is 0 Å². The zero-order valence-electron chi connectivity index (χ0n) is 15.9. The van der Waals surface area contributed by atoms with Crippen LogP contribution in [0.5, 0.6) is 0 Å². The van der Waals surface area contributed by atoms with Crippen molar-refractivity contribution < 1.29 is 24.2 Å². The van der Waals surface area contributed by atoms with Crippen LogP contribution in [0.1, 0.15) is 60.3 Å². The number of carbonyl (C=O) groups excluding carboxylic acids is 2. The maximum absolute atomic E-state index is 12.3. The molecule has 1 saturated heterocycles. The summed E-state index contributed by atoms with van der Waals surface area (Å²) in [6, 6.07) is 0. The second-order valence-corrected chi connectivity index (χ2v) is 8.42. The molecule has 0 aromatic heterocycles. The molecule has 5 heteroatoms. The van der Waals surface area contributed by atoms with Gasteiger partial charge in [0.25, 0.3) is 0 Å². The third-order valence-corrected chi connectivity index (χ3v) is 6.52. The third kappa shape index (κ3) is 3.12. The van der Waals surface area contributed by atoms with Crippen LogP contribution in [0.15, 0.2) is 11.1 Å². The second-order valence-electron chi connectivity index (χ2n) is 8.42. The van der Waals surface area contributed by atoms with E-state index in [0.29, 0.717) is 12.8 Å². The summed E-state index contributed by atoms with van der Waals surface area (Å²) in [5, 5.41) is 11.0. The van der Waals surface area contributed by atoms with Gasteiger partial charge in [0.15, 0.2) is 0 Å². The smallest absolute Gasteiger partial charge is 0.309 e. The molecule has 0 radical (unpaired) electrons. The van der Waals surface area contributed by atoms with Crippen LogP contribution in [0.3, 0.4) is 0 Å². The molecular weight excluding hydrogens is 320 g/mol. The Balaban J connectivity index is 1.90. The van der Waals surface area contributed by atoms with Gasteiger partial charge in [0.05, 0.1) is 17.4 Å². The van der Waals surface area contributed by atoms with Crippen molar-refractivity contribution in [1.82, 2.24) is 0 Å². The molecule has 7 atom stereocenters. The van der Waals surface area contributed by atoms with Crippen LogP contribution in [0.25, 0.3) is 0 Å². The average molecular weight is 350 g/mol. The standard InChI is InChI=1S/C20H30O5/c1-6-10(2)18(21)25-16-9-20(5,23)14-8-13-12(4)19(22)24-15(13)7-11(3)17(14)16/h10-13,15-16,23H,6-9H2,1-5H3. The first-order valence-corrected chi connectivity index (χ1v) is 9.52. The number of rotatable bonds is 3. The Morgan fingerprint density at radius 2 is 2.12 bits per heavy atom. The van der Waals surface area contributed by atoms with Gasteiger partial charge in [-0.3, -0.25) is 9.59 Å². The minimum Gasteiger partial charge on any atom is -0.462 e. The molecule has 0 bridgehead atoms. The number of carbonyl (C=O) groups is 2. The van der Waals surface area contributed by atoms with Gasteiger partial charge in [0.1, 0.15) is 12.2 Å². The molecule has 0 aromatic carbocycles. The van der Waals surface area contributed by atoms with Crippen LogP contribution in [-0.2, 0) is 19.1 Å². The van der Waals surface area contributed by atoms with Crippen molar-refractivity contribution in [3.63, 3.8) is 0 Å². The molecule has 0 spiro atoms. The van der Waals surface area contributed by atoms with Gasteiger partial charge < -0.3 is 14.6 Å². The van der Waals surface area contributed by atoms with Crippen molar-refractivity contribution in [3.8, 4) is 0 Å². The normalized spacial score (nSPS) is 41.7. The van der Waals surface area contributed by atoms with Crippen LogP contribution >= 0.6 is 0 Å². The summed E-state index contributed by atoms with van der Waals surface area (Å²) in [6.07, 6.45) is 2.04. The first kappa shape index (κ1) is 18.4. The molecule has 1 heterocycles. The lowest BCUT2D eigenvalue weighted by Gasteiger charge is -2.26. The Bertz CT molecular complexity index is 605. The van der Waals surface area contributed by atoms with E-state index in [4.69, 9.17) is 9.47 Å². The summed E-state index contributed by atoms with van der Waals surface area (Å²) in [6.45, 7) is 9.63. The highest BCUT2D eigenvalue weighted by Crippen LogP contribution is 2.51. The van der Waals surface area contributed by atoms with Gasteiger partial charge in [-0.05, 0) is 43.3 Å². The van der Waals surface area contributed by atoms with E-state index < -0.39 is 5.60 Å². The van der Waals surface area contributed by atoms with Crippen molar-refractivity contribution in [2.75, 3.05) is 0 Å². The zero-order valence-corrected chi connectivity index (χ0v) is 15.9. The van der Waals surface area contributed by atoms with Gasteiger partial charge in [-0.1, -0.05) is 27.7 Å². The molecule has 3 rings (SSSR count). The van der Waals surface area contributed by atoms with Crippen LogP contribution in [-0.4, -0.2) is 34.9 Å². The van der Waals surface area contributed by atoms with Gasteiger partial charge in [0.2, 0.25) is 0 Å². The maximum Gasteiger partial charge on any atom is 0.309 e. The molecular formula is C20H30O5. The summed E-state index contributed by atoms with van der Waals surface area (Å²) in [5.41, 5.74) is 1.02. The predicted molar refractivity (Wildman–Crippen MR) is 92.5 cm³/mol. The lowest BCUT2D eigenvalue weighted by atomic mass is 9.82. The summed E-state index contributed by atoms with van der Waals surface area (Å²) in [4.78, 5) is 24.3. The van der Waals surface area contributed by atoms with Gasteiger partial charge in [-0.15, -0.1) is 0 Å². The van der Waals surface area contributed by atoms with Gasteiger partial charge in [0, 0.05) is 12.3 Å². The van der Waals surface area contributed by atoms with E-state index in [-0.39, 0.29) is 47.8 Å². The molecule has 140 valence electrons. The topological polar surface area (TPSA) is 72.8 Å². The maximum atomic E-state index is 12.3. The van der Waals surface area contributed by atoms with E-state index >= 15 is 0 Å². The summed E-state index contributed by atoms with van der Waals surface area (Å²) < 4.78 is 11.4.